The number of benzene rings is 1. The van der Waals surface area contributed by atoms with Crippen molar-refractivity contribution in [1.82, 2.24) is 15.1 Å². The van der Waals surface area contributed by atoms with Gasteiger partial charge in [0.05, 0.1) is 20.1 Å². The zero-order chi connectivity index (χ0) is 22.2. The maximum absolute atomic E-state index is 13.2. The van der Waals surface area contributed by atoms with Gasteiger partial charge in [-0.2, -0.15) is 0 Å². The van der Waals surface area contributed by atoms with Crippen LogP contribution in [-0.2, 0) is 4.79 Å². The van der Waals surface area contributed by atoms with Gasteiger partial charge in [-0.25, -0.2) is 0 Å². The van der Waals surface area contributed by atoms with Crippen LogP contribution in [0.1, 0.15) is 43.5 Å². The van der Waals surface area contributed by atoms with Crippen molar-refractivity contribution in [2.24, 2.45) is 17.8 Å². The molecule has 7 nitrogen and oxygen atoms in total. The summed E-state index contributed by atoms with van der Waals surface area (Å²) in [7, 11) is 3.16. The maximum atomic E-state index is 13.2. The molecular formula is C24H35N3O4. The van der Waals surface area contributed by atoms with Gasteiger partial charge in [-0.1, -0.05) is 13.8 Å². The van der Waals surface area contributed by atoms with Crippen molar-refractivity contribution in [3.05, 3.63) is 23.8 Å². The van der Waals surface area contributed by atoms with E-state index in [2.05, 4.69) is 24.1 Å². The van der Waals surface area contributed by atoms with Gasteiger partial charge in [-0.3, -0.25) is 9.59 Å². The molecule has 3 fully saturated rings. The van der Waals surface area contributed by atoms with Crippen LogP contribution in [0.25, 0.3) is 0 Å². The van der Waals surface area contributed by atoms with Gasteiger partial charge in [-0.15, -0.1) is 0 Å². The lowest BCUT2D eigenvalue weighted by molar-refractivity contribution is -0.123. The maximum Gasteiger partial charge on any atom is 0.254 e. The van der Waals surface area contributed by atoms with Crippen molar-refractivity contribution in [3.8, 4) is 11.5 Å². The lowest BCUT2D eigenvalue weighted by atomic mass is 9.75. The molecule has 3 aliphatic heterocycles. The monoisotopic (exact) mass is 429 g/mol. The number of fused-ring (bicyclic) bond motifs is 2. The van der Waals surface area contributed by atoms with Crippen LogP contribution in [0.5, 0.6) is 11.5 Å². The van der Waals surface area contributed by atoms with E-state index in [0.717, 1.165) is 32.5 Å². The van der Waals surface area contributed by atoms with Crippen LogP contribution in [0.15, 0.2) is 18.2 Å². The SMILES string of the molecule is COc1cc(OC)cc(C(=O)N2CCC3(CC2)NC(=O)[C@@H]2CN(CCC(C)C)C[C@@H]23)c1. The van der Waals surface area contributed by atoms with Crippen molar-refractivity contribution < 1.29 is 19.1 Å². The highest BCUT2D eigenvalue weighted by Gasteiger charge is 2.57. The van der Waals surface area contributed by atoms with Gasteiger partial charge in [-0.05, 0) is 43.9 Å². The molecule has 3 aliphatic rings. The fraction of sp³-hybridized carbons (Fsp3) is 0.667. The summed E-state index contributed by atoms with van der Waals surface area (Å²) in [5.41, 5.74) is 0.401. The average molecular weight is 430 g/mol. The first-order chi connectivity index (χ1) is 14.8. The zero-order valence-electron chi connectivity index (χ0n) is 19.1. The molecule has 0 saturated carbocycles. The van der Waals surface area contributed by atoms with E-state index in [4.69, 9.17) is 9.47 Å². The summed E-state index contributed by atoms with van der Waals surface area (Å²) >= 11 is 0. The van der Waals surface area contributed by atoms with Crippen molar-refractivity contribution in [2.75, 3.05) is 46.9 Å². The van der Waals surface area contributed by atoms with Crippen LogP contribution in [0.2, 0.25) is 0 Å². The predicted molar refractivity (Wildman–Crippen MR) is 118 cm³/mol. The third kappa shape index (κ3) is 4.25. The summed E-state index contributed by atoms with van der Waals surface area (Å²) in [6.07, 6.45) is 2.79. The highest BCUT2D eigenvalue weighted by molar-refractivity contribution is 5.95. The van der Waals surface area contributed by atoms with E-state index < -0.39 is 0 Å². The lowest BCUT2D eigenvalue weighted by Crippen LogP contribution is -2.56. The normalized spacial score (nSPS) is 25.1. The number of rotatable bonds is 6. The van der Waals surface area contributed by atoms with E-state index >= 15 is 0 Å². The van der Waals surface area contributed by atoms with Crippen LogP contribution in [0, 0.1) is 17.8 Å². The lowest BCUT2D eigenvalue weighted by Gasteiger charge is -2.43. The molecule has 2 amide bonds. The second kappa shape index (κ2) is 8.69. The number of hydrogen-bond donors (Lipinski definition) is 1. The van der Waals surface area contributed by atoms with Crippen LogP contribution in [-0.4, -0.2) is 74.1 Å². The first-order valence-corrected chi connectivity index (χ1v) is 11.4. The first kappa shape index (κ1) is 21.9. The van der Waals surface area contributed by atoms with Gasteiger partial charge in [0.2, 0.25) is 5.91 Å². The van der Waals surface area contributed by atoms with Gasteiger partial charge >= 0.3 is 0 Å². The number of nitrogens with one attached hydrogen (secondary N) is 1. The fourth-order valence-corrected chi connectivity index (χ4v) is 5.48. The Morgan fingerprint density at radius 3 is 2.35 bits per heavy atom. The summed E-state index contributed by atoms with van der Waals surface area (Å²) < 4.78 is 10.6. The minimum Gasteiger partial charge on any atom is -0.497 e. The van der Waals surface area contributed by atoms with Crippen molar-refractivity contribution in [3.63, 3.8) is 0 Å². The van der Waals surface area contributed by atoms with Crippen LogP contribution in [0.4, 0.5) is 0 Å². The molecule has 3 heterocycles. The first-order valence-electron chi connectivity index (χ1n) is 11.4. The molecule has 4 rings (SSSR count). The number of methoxy groups -OCH3 is 2. The summed E-state index contributed by atoms with van der Waals surface area (Å²) in [5, 5.41) is 3.35. The second-order valence-corrected chi connectivity index (χ2v) is 9.69. The molecule has 0 bridgehead atoms. The minimum atomic E-state index is -0.169. The molecule has 0 aliphatic carbocycles. The largest absolute Gasteiger partial charge is 0.497 e. The molecule has 7 heteroatoms. The second-order valence-electron chi connectivity index (χ2n) is 9.69. The Kier molecular flexibility index (Phi) is 6.15. The number of piperidine rings is 1. The Morgan fingerprint density at radius 1 is 1.13 bits per heavy atom. The number of likely N-dealkylation sites (tertiary alicyclic amines) is 2. The van der Waals surface area contributed by atoms with Crippen LogP contribution < -0.4 is 14.8 Å². The number of ether oxygens (including phenoxy) is 2. The highest BCUT2D eigenvalue weighted by Crippen LogP contribution is 2.44. The molecule has 0 aromatic heterocycles. The number of nitrogens with zero attached hydrogens (tertiary/aromatic N) is 2. The summed E-state index contributed by atoms with van der Waals surface area (Å²) in [5.74, 6) is 2.52. The molecule has 3 saturated heterocycles. The van der Waals surface area contributed by atoms with E-state index in [9.17, 15) is 9.59 Å². The summed E-state index contributed by atoms with van der Waals surface area (Å²) in [6, 6.07) is 5.28. The summed E-state index contributed by atoms with van der Waals surface area (Å²) in [4.78, 5) is 30.3. The summed E-state index contributed by atoms with van der Waals surface area (Å²) in [6.45, 7) is 8.71. The topological polar surface area (TPSA) is 71.1 Å². The predicted octanol–water partition coefficient (Wildman–Crippen LogP) is 2.40. The van der Waals surface area contributed by atoms with E-state index in [1.165, 1.54) is 6.42 Å². The highest BCUT2D eigenvalue weighted by atomic mass is 16.5. The van der Waals surface area contributed by atoms with Crippen LogP contribution in [0.3, 0.4) is 0 Å². The fourth-order valence-electron chi connectivity index (χ4n) is 5.48. The third-order valence-electron chi connectivity index (χ3n) is 7.38. The standard InChI is InChI=1S/C24H35N3O4/c1-16(2)5-8-26-14-20-21(15-26)24(25-22(20)28)6-9-27(10-7-24)23(29)17-11-18(30-3)13-19(12-17)31-4/h11-13,16,20-21H,5-10,14-15H2,1-4H3,(H,25,28)/t20-,21+/m1/s1. The molecule has 0 radical (unpaired) electrons. The van der Waals surface area contributed by atoms with Gasteiger partial charge < -0.3 is 24.6 Å². The molecule has 1 N–H and O–H groups in total. The Labute approximate surface area is 185 Å². The van der Waals surface area contributed by atoms with Crippen LogP contribution >= 0.6 is 0 Å². The van der Waals surface area contributed by atoms with E-state index in [1.54, 1.807) is 32.4 Å². The molecule has 0 unspecified atom stereocenters. The molecule has 2 atom stereocenters. The average Bonchev–Trinajstić information content (AvgIpc) is 3.31. The van der Waals surface area contributed by atoms with Gasteiger partial charge in [0.1, 0.15) is 11.5 Å². The third-order valence-corrected chi connectivity index (χ3v) is 7.38. The minimum absolute atomic E-state index is 0.0158. The van der Waals surface area contributed by atoms with Crippen molar-refractivity contribution in [2.45, 2.75) is 38.6 Å². The Hall–Kier alpha value is -2.28. The smallest absolute Gasteiger partial charge is 0.254 e. The number of hydrogen-bond acceptors (Lipinski definition) is 5. The van der Waals surface area contributed by atoms with E-state index in [1.807, 2.05) is 4.90 Å². The van der Waals surface area contributed by atoms with Gasteiger partial charge in [0.25, 0.3) is 5.91 Å². The van der Waals surface area contributed by atoms with Crippen molar-refractivity contribution in [1.29, 1.82) is 0 Å². The quantitative estimate of drug-likeness (QED) is 0.752. The number of amides is 2. The zero-order valence-corrected chi connectivity index (χ0v) is 19.1. The molecule has 170 valence electrons. The van der Waals surface area contributed by atoms with Gasteiger partial charge in [0.15, 0.2) is 0 Å². The Bertz CT molecular complexity index is 810. The Balaban J connectivity index is 1.42. The molecular weight excluding hydrogens is 394 g/mol. The Morgan fingerprint density at radius 2 is 1.77 bits per heavy atom. The molecule has 1 spiro atoms. The number of carbonyl (C=O) groups is 2. The molecule has 1 aromatic rings. The van der Waals surface area contributed by atoms with Gasteiger partial charge in [0, 0.05) is 49.3 Å². The molecule has 31 heavy (non-hydrogen) atoms. The number of carbonyl (C=O) groups excluding carboxylic acids is 2. The van der Waals surface area contributed by atoms with E-state index in [-0.39, 0.29) is 23.3 Å². The molecule has 1 aromatic carbocycles. The van der Waals surface area contributed by atoms with Crippen molar-refractivity contribution >= 4 is 11.8 Å². The van der Waals surface area contributed by atoms with E-state index in [0.29, 0.717) is 42.0 Å².